The molecule has 6 heteroatoms. The van der Waals surface area contributed by atoms with Crippen LogP contribution >= 0.6 is 0 Å². The van der Waals surface area contributed by atoms with Gasteiger partial charge in [-0.25, -0.2) is 0 Å². The van der Waals surface area contributed by atoms with Gasteiger partial charge in [-0.1, -0.05) is 13.0 Å². The van der Waals surface area contributed by atoms with E-state index in [-0.39, 0.29) is 24.3 Å². The lowest BCUT2D eigenvalue weighted by Crippen LogP contribution is -2.38. The van der Waals surface area contributed by atoms with Crippen LogP contribution in [0.5, 0.6) is 0 Å². The Morgan fingerprint density at radius 1 is 1.38 bits per heavy atom. The molecule has 0 bridgehead atoms. The Balaban J connectivity index is 2.53. The molecule has 0 saturated carbocycles. The molecule has 1 rings (SSSR count). The minimum Gasteiger partial charge on any atom is -0.398 e. The quantitative estimate of drug-likeness (QED) is 0.678. The van der Waals surface area contributed by atoms with Gasteiger partial charge in [-0.2, -0.15) is 0 Å². The van der Waals surface area contributed by atoms with E-state index in [2.05, 4.69) is 10.6 Å². The first-order valence-corrected chi connectivity index (χ1v) is 6.90. The van der Waals surface area contributed by atoms with Gasteiger partial charge in [0.2, 0.25) is 11.8 Å². The summed E-state index contributed by atoms with van der Waals surface area (Å²) >= 11 is 0. The molecule has 0 aliphatic carbocycles. The lowest BCUT2D eigenvalue weighted by Gasteiger charge is -2.20. The van der Waals surface area contributed by atoms with Crippen LogP contribution in [-0.4, -0.2) is 43.9 Å². The molecule has 0 fully saturated rings. The van der Waals surface area contributed by atoms with Crippen LogP contribution in [0.15, 0.2) is 18.2 Å². The number of nitrogens with zero attached hydrogens (tertiary/aromatic N) is 1. The minimum atomic E-state index is -0.165. The van der Waals surface area contributed by atoms with E-state index >= 15 is 0 Å². The number of nitrogens with one attached hydrogen (secondary N) is 2. The molecule has 1 unspecified atom stereocenters. The highest BCUT2D eigenvalue weighted by Crippen LogP contribution is 2.20. The Morgan fingerprint density at radius 2 is 2.05 bits per heavy atom. The van der Waals surface area contributed by atoms with Crippen molar-refractivity contribution in [1.82, 2.24) is 10.2 Å². The molecular formula is C15H24N4O2. The number of anilines is 2. The fourth-order valence-electron chi connectivity index (χ4n) is 2.09. The largest absolute Gasteiger partial charge is 0.398 e. The fourth-order valence-corrected chi connectivity index (χ4v) is 2.09. The minimum absolute atomic E-state index is 0.0334. The van der Waals surface area contributed by atoms with Gasteiger partial charge in [0, 0.05) is 30.9 Å². The summed E-state index contributed by atoms with van der Waals surface area (Å²) in [5.41, 5.74) is 8.02. The van der Waals surface area contributed by atoms with Crippen molar-refractivity contribution >= 4 is 23.2 Å². The van der Waals surface area contributed by atoms with Crippen molar-refractivity contribution < 1.29 is 9.59 Å². The maximum absolute atomic E-state index is 12.0. The van der Waals surface area contributed by atoms with Crippen molar-refractivity contribution in [1.29, 1.82) is 0 Å². The van der Waals surface area contributed by atoms with Crippen LogP contribution in [0.2, 0.25) is 0 Å². The van der Waals surface area contributed by atoms with Crippen LogP contribution in [0.1, 0.15) is 12.5 Å². The first kappa shape index (κ1) is 17.0. The third-order valence-electron chi connectivity index (χ3n) is 3.34. The molecule has 0 aliphatic rings. The predicted octanol–water partition coefficient (Wildman–Crippen LogP) is 0.830. The zero-order chi connectivity index (χ0) is 16.0. The van der Waals surface area contributed by atoms with E-state index in [0.717, 1.165) is 5.56 Å². The van der Waals surface area contributed by atoms with Crippen LogP contribution in [0.4, 0.5) is 11.4 Å². The van der Waals surface area contributed by atoms with Gasteiger partial charge in [0.05, 0.1) is 6.54 Å². The second-order valence-electron chi connectivity index (χ2n) is 5.28. The van der Waals surface area contributed by atoms with E-state index in [1.165, 1.54) is 0 Å². The summed E-state index contributed by atoms with van der Waals surface area (Å²) in [4.78, 5) is 25.3. The second-order valence-corrected chi connectivity index (χ2v) is 5.28. The van der Waals surface area contributed by atoms with Crippen molar-refractivity contribution in [3.63, 3.8) is 0 Å². The first-order valence-electron chi connectivity index (χ1n) is 6.90. The summed E-state index contributed by atoms with van der Waals surface area (Å²) in [7, 11) is 3.42. The number of benzene rings is 1. The summed E-state index contributed by atoms with van der Waals surface area (Å²) in [5.74, 6) is -0.328. The van der Waals surface area contributed by atoms with Gasteiger partial charge in [-0.15, -0.1) is 0 Å². The Hall–Kier alpha value is -2.08. The summed E-state index contributed by atoms with van der Waals surface area (Å²) in [6.45, 7) is 4.43. The first-order chi connectivity index (χ1) is 9.85. The van der Waals surface area contributed by atoms with Crippen molar-refractivity contribution in [2.24, 2.45) is 5.92 Å². The highest BCUT2D eigenvalue weighted by molar-refractivity contribution is 5.93. The predicted molar refractivity (Wildman–Crippen MR) is 84.9 cm³/mol. The monoisotopic (exact) mass is 292 g/mol. The molecule has 0 radical (unpaired) electrons. The molecule has 0 spiro atoms. The number of hydrogen-bond donors (Lipinski definition) is 3. The van der Waals surface area contributed by atoms with E-state index < -0.39 is 0 Å². The van der Waals surface area contributed by atoms with Gasteiger partial charge >= 0.3 is 0 Å². The van der Waals surface area contributed by atoms with Crippen molar-refractivity contribution in [3.05, 3.63) is 23.8 Å². The zero-order valence-corrected chi connectivity index (χ0v) is 13.1. The Kier molecular flexibility index (Phi) is 6.17. The molecule has 2 amide bonds. The highest BCUT2D eigenvalue weighted by Gasteiger charge is 2.15. The Labute approximate surface area is 125 Å². The van der Waals surface area contributed by atoms with E-state index in [0.29, 0.717) is 17.9 Å². The number of rotatable bonds is 6. The fraction of sp³-hybridized carbons (Fsp3) is 0.467. The lowest BCUT2D eigenvalue weighted by atomic mass is 10.1. The molecule has 0 saturated heterocycles. The normalized spacial score (nSPS) is 12.0. The van der Waals surface area contributed by atoms with Crippen LogP contribution < -0.4 is 16.4 Å². The van der Waals surface area contributed by atoms with Crippen LogP contribution in [-0.2, 0) is 9.59 Å². The highest BCUT2D eigenvalue weighted by atomic mass is 16.2. The smallest absolute Gasteiger partial charge is 0.238 e. The summed E-state index contributed by atoms with van der Waals surface area (Å²) in [6, 6.07) is 5.41. The molecule has 0 aliphatic heterocycles. The molecule has 0 aromatic heterocycles. The zero-order valence-electron chi connectivity index (χ0n) is 13.1. The van der Waals surface area contributed by atoms with Gasteiger partial charge in [0.25, 0.3) is 0 Å². The molecule has 1 atom stereocenters. The number of hydrogen-bond acceptors (Lipinski definition) is 4. The van der Waals surface area contributed by atoms with Crippen LogP contribution in [0, 0.1) is 12.8 Å². The number of carbonyl (C=O) groups excluding carboxylic acids is 2. The maximum Gasteiger partial charge on any atom is 0.238 e. The second kappa shape index (κ2) is 7.64. The summed E-state index contributed by atoms with van der Waals surface area (Å²) < 4.78 is 0. The SMILES string of the molecule is CNC(=O)C(C)CN(C)CC(=O)Nc1cccc(N)c1C. The maximum atomic E-state index is 12.0. The molecular weight excluding hydrogens is 268 g/mol. The van der Waals surface area contributed by atoms with Gasteiger partial charge in [0.15, 0.2) is 0 Å². The standard InChI is InChI=1S/C15H24N4O2/c1-10(15(21)17-3)8-19(4)9-14(20)18-13-7-5-6-12(16)11(13)2/h5-7,10H,8-9,16H2,1-4H3,(H,17,21)(H,18,20). The van der Waals surface area contributed by atoms with E-state index in [4.69, 9.17) is 5.73 Å². The van der Waals surface area contributed by atoms with Crippen molar-refractivity contribution in [2.75, 3.05) is 38.2 Å². The lowest BCUT2D eigenvalue weighted by molar-refractivity contribution is -0.125. The Bertz CT molecular complexity index is 516. The average molecular weight is 292 g/mol. The summed E-state index contributed by atoms with van der Waals surface area (Å²) in [5, 5.41) is 5.43. The van der Waals surface area contributed by atoms with Crippen LogP contribution in [0.25, 0.3) is 0 Å². The number of amides is 2. The molecule has 1 aromatic carbocycles. The van der Waals surface area contributed by atoms with Crippen molar-refractivity contribution in [3.8, 4) is 0 Å². The third kappa shape index (κ3) is 5.07. The van der Waals surface area contributed by atoms with E-state index in [9.17, 15) is 9.59 Å². The molecule has 6 nitrogen and oxygen atoms in total. The average Bonchev–Trinajstić information content (AvgIpc) is 2.42. The van der Waals surface area contributed by atoms with Crippen LogP contribution in [0.3, 0.4) is 0 Å². The number of likely N-dealkylation sites (N-methyl/N-ethyl adjacent to an activating group) is 1. The molecule has 116 valence electrons. The number of nitrogens with two attached hydrogens (primary N) is 1. The number of nitrogen functional groups attached to an aromatic ring is 1. The molecule has 0 heterocycles. The van der Waals surface area contributed by atoms with E-state index in [1.54, 1.807) is 19.2 Å². The third-order valence-corrected chi connectivity index (χ3v) is 3.34. The number of carbonyl (C=O) groups is 2. The van der Waals surface area contributed by atoms with Gasteiger partial charge < -0.3 is 16.4 Å². The topological polar surface area (TPSA) is 87.5 Å². The van der Waals surface area contributed by atoms with Gasteiger partial charge in [-0.05, 0) is 31.7 Å². The molecule has 4 N–H and O–H groups in total. The van der Waals surface area contributed by atoms with Gasteiger partial charge in [0.1, 0.15) is 0 Å². The summed E-state index contributed by atoms with van der Waals surface area (Å²) in [6.07, 6.45) is 0. The van der Waals surface area contributed by atoms with Gasteiger partial charge in [-0.3, -0.25) is 14.5 Å². The molecule has 1 aromatic rings. The Morgan fingerprint density at radius 3 is 2.67 bits per heavy atom. The van der Waals surface area contributed by atoms with E-state index in [1.807, 2.05) is 31.9 Å². The molecule has 21 heavy (non-hydrogen) atoms. The van der Waals surface area contributed by atoms with Crippen molar-refractivity contribution in [2.45, 2.75) is 13.8 Å².